The summed E-state index contributed by atoms with van der Waals surface area (Å²) in [5.74, 6) is -0.0849. The average molecular weight is 344 g/mol. The molecule has 1 atom stereocenters. The lowest BCUT2D eigenvalue weighted by molar-refractivity contribution is -0.123. The number of amides is 3. The maximum absolute atomic E-state index is 12.3. The third-order valence-electron chi connectivity index (χ3n) is 3.62. The molecule has 0 aliphatic carbocycles. The van der Waals surface area contributed by atoms with Crippen LogP contribution >= 0.6 is 0 Å². The number of urea groups is 1. The van der Waals surface area contributed by atoms with Crippen molar-refractivity contribution in [3.05, 3.63) is 36.5 Å². The molecule has 2 aromatic rings. The van der Waals surface area contributed by atoms with Crippen LogP contribution in [0.15, 0.2) is 36.5 Å². The number of anilines is 1. The molecule has 0 spiro atoms. The molecule has 7 heteroatoms. The van der Waals surface area contributed by atoms with Gasteiger partial charge in [-0.2, -0.15) is 0 Å². The number of carbonyl (C=O) groups excluding carboxylic acids is 2. The Hall–Kier alpha value is -2.67. The number of benzene rings is 1. The first-order chi connectivity index (χ1) is 12.0. The molecule has 7 nitrogen and oxygen atoms in total. The highest BCUT2D eigenvalue weighted by molar-refractivity contribution is 6.00. The first-order valence-electron chi connectivity index (χ1n) is 8.31. The van der Waals surface area contributed by atoms with Gasteiger partial charge < -0.3 is 21.1 Å². The van der Waals surface area contributed by atoms with Crippen LogP contribution in [0.4, 0.5) is 10.5 Å². The van der Waals surface area contributed by atoms with Crippen molar-refractivity contribution in [2.24, 2.45) is 5.92 Å². The summed E-state index contributed by atoms with van der Waals surface area (Å²) < 4.78 is 0. The zero-order valence-corrected chi connectivity index (χ0v) is 14.5. The monoisotopic (exact) mass is 344 g/mol. The van der Waals surface area contributed by atoms with Crippen LogP contribution < -0.4 is 16.0 Å². The first-order valence-corrected chi connectivity index (χ1v) is 8.31. The van der Waals surface area contributed by atoms with Crippen LogP contribution in [0.25, 0.3) is 10.9 Å². The number of para-hydroxylation sites is 1. The Morgan fingerprint density at radius 2 is 1.96 bits per heavy atom. The number of carbonyl (C=O) groups is 2. The van der Waals surface area contributed by atoms with Crippen molar-refractivity contribution in [2.75, 3.05) is 18.5 Å². The number of rotatable bonds is 7. The second kappa shape index (κ2) is 8.98. The molecule has 3 amide bonds. The van der Waals surface area contributed by atoms with Crippen molar-refractivity contribution in [1.29, 1.82) is 0 Å². The summed E-state index contributed by atoms with van der Waals surface area (Å²) in [5, 5.41) is 17.8. The molecule has 0 aliphatic rings. The molecule has 0 fully saturated rings. The number of aliphatic hydroxyl groups excluding tert-OH is 1. The Balaban J connectivity index is 2.08. The molecular weight excluding hydrogens is 320 g/mol. The van der Waals surface area contributed by atoms with Crippen molar-refractivity contribution < 1.29 is 14.7 Å². The van der Waals surface area contributed by atoms with E-state index in [-0.39, 0.29) is 25.0 Å². The number of nitrogens with zero attached hydrogens (tertiary/aromatic N) is 1. The lowest BCUT2D eigenvalue weighted by Crippen LogP contribution is -2.49. The first kappa shape index (κ1) is 18.7. The highest BCUT2D eigenvalue weighted by atomic mass is 16.3. The maximum Gasteiger partial charge on any atom is 0.319 e. The van der Waals surface area contributed by atoms with Crippen LogP contribution in [-0.2, 0) is 4.79 Å². The summed E-state index contributed by atoms with van der Waals surface area (Å²) in [6, 6.07) is 8.11. The van der Waals surface area contributed by atoms with E-state index in [9.17, 15) is 9.59 Å². The minimum Gasteiger partial charge on any atom is -0.395 e. The van der Waals surface area contributed by atoms with Crippen LogP contribution in [0.3, 0.4) is 0 Å². The molecule has 134 valence electrons. The third-order valence-corrected chi connectivity index (χ3v) is 3.62. The fourth-order valence-corrected chi connectivity index (χ4v) is 2.53. The number of hydrogen-bond acceptors (Lipinski definition) is 4. The van der Waals surface area contributed by atoms with Gasteiger partial charge in [0.15, 0.2) is 0 Å². The van der Waals surface area contributed by atoms with E-state index < -0.39 is 12.1 Å². The van der Waals surface area contributed by atoms with Gasteiger partial charge in [0.25, 0.3) is 0 Å². The largest absolute Gasteiger partial charge is 0.395 e. The summed E-state index contributed by atoms with van der Waals surface area (Å²) in [6.45, 7) is 3.96. The Labute approximate surface area is 146 Å². The van der Waals surface area contributed by atoms with Gasteiger partial charge in [0.1, 0.15) is 6.04 Å². The van der Waals surface area contributed by atoms with Crippen LogP contribution in [-0.4, -0.2) is 41.2 Å². The molecule has 0 aliphatic heterocycles. The quantitative estimate of drug-likeness (QED) is 0.616. The normalized spacial score (nSPS) is 12.0. The van der Waals surface area contributed by atoms with Gasteiger partial charge in [-0.1, -0.05) is 32.0 Å². The number of nitrogens with one attached hydrogen (secondary N) is 3. The van der Waals surface area contributed by atoms with E-state index in [1.807, 2.05) is 38.1 Å². The van der Waals surface area contributed by atoms with Crippen molar-refractivity contribution in [2.45, 2.75) is 26.3 Å². The van der Waals surface area contributed by atoms with E-state index in [0.717, 1.165) is 5.39 Å². The van der Waals surface area contributed by atoms with E-state index in [0.29, 0.717) is 17.6 Å². The van der Waals surface area contributed by atoms with E-state index in [2.05, 4.69) is 20.9 Å². The summed E-state index contributed by atoms with van der Waals surface area (Å²) >= 11 is 0. The number of fused-ring (bicyclic) bond motifs is 1. The van der Waals surface area contributed by atoms with Gasteiger partial charge >= 0.3 is 6.03 Å². The number of pyridine rings is 1. The van der Waals surface area contributed by atoms with Crippen molar-refractivity contribution >= 4 is 28.5 Å². The van der Waals surface area contributed by atoms with Gasteiger partial charge in [0.2, 0.25) is 5.91 Å². The fraction of sp³-hybridized carbons (Fsp3) is 0.389. The lowest BCUT2D eigenvalue weighted by atomic mass is 10.0. The van der Waals surface area contributed by atoms with Crippen LogP contribution in [0.2, 0.25) is 0 Å². The molecule has 2 rings (SSSR count). The van der Waals surface area contributed by atoms with Gasteiger partial charge in [-0.05, 0) is 24.5 Å². The van der Waals surface area contributed by atoms with Crippen LogP contribution in [0.1, 0.15) is 20.3 Å². The Morgan fingerprint density at radius 3 is 2.68 bits per heavy atom. The van der Waals surface area contributed by atoms with Gasteiger partial charge in [0.05, 0.1) is 17.8 Å². The van der Waals surface area contributed by atoms with Gasteiger partial charge in [-0.15, -0.1) is 0 Å². The molecule has 1 aromatic carbocycles. The van der Waals surface area contributed by atoms with E-state index in [1.165, 1.54) is 0 Å². The zero-order chi connectivity index (χ0) is 18.2. The smallest absolute Gasteiger partial charge is 0.319 e. The van der Waals surface area contributed by atoms with Gasteiger partial charge in [-0.3, -0.25) is 9.78 Å². The summed E-state index contributed by atoms with van der Waals surface area (Å²) in [6.07, 6.45) is 2.16. The molecule has 1 aromatic heterocycles. The Bertz CT molecular complexity index is 728. The topological polar surface area (TPSA) is 103 Å². The maximum atomic E-state index is 12.3. The van der Waals surface area contributed by atoms with Crippen molar-refractivity contribution in [1.82, 2.24) is 15.6 Å². The Morgan fingerprint density at radius 1 is 1.20 bits per heavy atom. The number of aliphatic hydroxyl groups is 1. The number of hydrogen-bond donors (Lipinski definition) is 4. The molecule has 1 heterocycles. The van der Waals surface area contributed by atoms with Crippen molar-refractivity contribution in [3.8, 4) is 0 Å². The predicted octanol–water partition coefficient (Wildman–Crippen LogP) is 1.88. The van der Waals surface area contributed by atoms with Crippen LogP contribution in [0.5, 0.6) is 0 Å². The molecule has 25 heavy (non-hydrogen) atoms. The zero-order valence-electron chi connectivity index (χ0n) is 14.5. The standard InChI is InChI=1S/C18H24N4O3/c1-12(2)11-15(17(24)20-9-10-23)22-18(25)21-14-7-3-5-13-6-4-8-19-16(13)14/h3-8,12,15,23H,9-11H2,1-2H3,(H,20,24)(H2,21,22,25)/t15-/m0/s1. The summed E-state index contributed by atoms with van der Waals surface area (Å²) in [7, 11) is 0. The molecule has 0 unspecified atom stereocenters. The summed E-state index contributed by atoms with van der Waals surface area (Å²) in [4.78, 5) is 28.8. The number of aromatic nitrogens is 1. The van der Waals surface area contributed by atoms with Gasteiger partial charge in [0, 0.05) is 18.1 Å². The second-order valence-electron chi connectivity index (χ2n) is 6.18. The molecule has 0 saturated carbocycles. The SMILES string of the molecule is CC(C)C[C@H](NC(=O)Nc1cccc2cccnc12)C(=O)NCCO. The van der Waals surface area contributed by atoms with Crippen LogP contribution in [0, 0.1) is 5.92 Å². The molecule has 4 N–H and O–H groups in total. The fourth-order valence-electron chi connectivity index (χ4n) is 2.53. The highest BCUT2D eigenvalue weighted by Crippen LogP contribution is 2.20. The predicted molar refractivity (Wildman–Crippen MR) is 97.2 cm³/mol. The minimum absolute atomic E-state index is 0.145. The average Bonchev–Trinajstić information content (AvgIpc) is 2.59. The minimum atomic E-state index is -0.672. The van der Waals surface area contributed by atoms with E-state index in [1.54, 1.807) is 12.3 Å². The van der Waals surface area contributed by atoms with E-state index in [4.69, 9.17) is 5.11 Å². The highest BCUT2D eigenvalue weighted by Gasteiger charge is 2.21. The third kappa shape index (κ3) is 5.42. The Kier molecular flexibility index (Phi) is 6.71. The second-order valence-corrected chi connectivity index (χ2v) is 6.18. The summed E-state index contributed by atoms with van der Waals surface area (Å²) in [5.41, 5.74) is 1.26. The molecule has 0 saturated heterocycles. The lowest BCUT2D eigenvalue weighted by Gasteiger charge is -2.20. The molecular formula is C18H24N4O3. The molecule has 0 bridgehead atoms. The van der Waals surface area contributed by atoms with E-state index >= 15 is 0 Å². The molecule has 0 radical (unpaired) electrons. The van der Waals surface area contributed by atoms with Gasteiger partial charge in [-0.25, -0.2) is 4.79 Å². The van der Waals surface area contributed by atoms with Crippen molar-refractivity contribution in [3.63, 3.8) is 0 Å².